The first-order valence-corrected chi connectivity index (χ1v) is 5.37. The largest absolute Gasteiger partial charge is 0.496 e. The zero-order valence-electron chi connectivity index (χ0n) is 9.96. The second-order valence-corrected chi connectivity index (χ2v) is 3.57. The molecule has 0 spiro atoms. The maximum atomic E-state index is 13.7. The number of halogens is 1. The van der Waals surface area contributed by atoms with Crippen LogP contribution in [0.5, 0.6) is 5.75 Å². The molecule has 1 aromatic rings. The van der Waals surface area contributed by atoms with Gasteiger partial charge in [-0.05, 0) is 18.6 Å². The molecule has 0 aliphatic heterocycles. The van der Waals surface area contributed by atoms with Crippen LogP contribution in [0.2, 0.25) is 0 Å². The molecule has 1 rings (SSSR count). The lowest BCUT2D eigenvalue weighted by molar-refractivity contribution is 0.409. The summed E-state index contributed by atoms with van der Waals surface area (Å²) in [5, 5.41) is 8.99. The maximum absolute atomic E-state index is 13.7. The van der Waals surface area contributed by atoms with E-state index in [0.29, 0.717) is 17.7 Å². The molecule has 0 fully saturated rings. The molecule has 1 aromatic carbocycles. The number of ether oxygens (including phenoxy) is 1. The van der Waals surface area contributed by atoms with Crippen LogP contribution in [0.3, 0.4) is 0 Å². The number of nitrogens with zero attached hydrogens (tertiary/aromatic N) is 1. The minimum absolute atomic E-state index is 0.157. The number of hydrogen-bond donors (Lipinski definition) is 1. The monoisotopic (exact) mass is 234 g/mol. The van der Waals surface area contributed by atoms with Crippen LogP contribution < -0.4 is 10.5 Å². The van der Waals surface area contributed by atoms with E-state index in [-0.39, 0.29) is 11.3 Å². The van der Waals surface area contributed by atoms with Crippen molar-refractivity contribution in [2.45, 2.75) is 19.8 Å². The zero-order chi connectivity index (χ0) is 12.8. The lowest BCUT2D eigenvalue weighted by Gasteiger charge is -2.11. The van der Waals surface area contributed by atoms with Gasteiger partial charge in [0.15, 0.2) is 0 Å². The molecule has 0 aliphatic rings. The average molecular weight is 234 g/mol. The van der Waals surface area contributed by atoms with Gasteiger partial charge in [-0.3, -0.25) is 0 Å². The van der Waals surface area contributed by atoms with Gasteiger partial charge in [0.1, 0.15) is 11.6 Å². The Hall–Kier alpha value is -2.02. The highest BCUT2D eigenvalue weighted by atomic mass is 19.1. The molecule has 17 heavy (non-hydrogen) atoms. The molecule has 0 amide bonds. The molecular weight excluding hydrogens is 219 g/mol. The van der Waals surface area contributed by atoms with Gasteiger partial charge in [0.25, 0.3) is 0 Å². The molecule has 0 atom stereocenters. The smallest absolute Gasteiger partial charge is 0.136 e. The van der Waals surface area contributed by atoms with Gasteiger partial charge < -0.3 is 10.5 Å². The second-order valence-electron chi connectivity index (χ2n) is 3.57. The highest BCUT2D eigenvalue weighted by Gasteiger charge is 2.15. The Balaban J connectivity index is 3.37. The number of allylic oxidation sites excluding steroid dienone is 1. The number of hydrogen-bond acceptors (Lipinski definition) is 3. The summed E-state index contributed by atoms with van der Waals surface area (Å²) in [6.45, 7) is 1.93. The van der Waals surface area contributed by atoms with Crippen LogP contribution in [-0.2, 0) is 0 Å². The van der Waals surface area contributed by atoms with Gasteiger partial charge >= 0.3 is 0 Å². The van der Waals surface area contributed by atoms with E-state index in [1.165, 1.54) is 19.2 Å². The molecule has 0 saturated heterocycles. The summed E-state index contributed by atoms with van der Waals surface area (Å²) in [5.41, 5.74) is 6.56. The molecule has 0 saturated carbocycles. The Morgan fingerprint density at radius 1 is 1.53 bits per heavy atom. The lowest BCUT2D eigenvalue weighted by atomic mass is 10.0. The van der Waals surface area contributed by atoms with Crippen LogP contribution in [0.25, 0.3) is 5.70 Å². The summed E-state index contributed by atoms with van der Waals surface area (Å²) in [5.74, 6) is -0.142. The van der Waals surface area contributed by atoms with E-state index in [1.54, 1.807) is 6.07 Å². The lowest BCUT2D eigenvalue weighted by Crippen LogP contribution is -2.05. The molecular formula is C13H15FN2O. The van der Waals surface area contributed by atoms with Crippen LogP contribution in [-0.4, -0.2) is 7.11 Å². The van der Waals surface area contributed by atoms with E-state index in [2.05, 4.69) is 0 Å². The van der Waals surface area contributed by atoms with Crippen molar-refractivity contribution in [3.05, 3.63) is 35.2 Å². The Kier molecular flexibility index (Phi) is 4.53. The fourth-order valence-corrected chi connectivity index (χ4v) is 1.59. The molecule has 90 valence electrons. The first kappa shape index (κ1) is 13.0. The third-order valence-electron chi connectivity index (χ3n) is 2.42. The first-order valence-electron chi connectivity index (χ1n) is 5.37. The SMILES string of the molecule is CCC/C(C#N)=C(/N)c1c(F)cccc1OC. The minimum Gasteiger partial charge on any atom is -0.496 e. The highest BCUT2D eigenvalue weighted by molar-refractivity contribution is 5.73. The van der Waals surface area contributed by atoms with E-state index in [4.69, 9.17) is 15.7 Å². The molecule has 0 aromatic heterocycles. The van der Waals surface area contributed by atoms with Gasteiger partial charge in [-0.15, -0.1) is 0 Å². The van der Waals surface area contributed by atoms with Gasteiger partial charge in [-0.1, -0.05) is 19.4 Å². The van der Waals surface area contributed by atoms with Crippen molar-refractivity contribution in [2.75, 3.05) is 7.11 Å². The van der Waals surface area contributed by atoms with Crippen molar-refractivity contribution >= 4 is 5.70 Å². The van der Waals surface area contributed by atoms with Crippen molar-refractivity contribution < 1.29 is 9.13 Å². The second kappa shape index (κ2) is 5.90. The van der Waals surface area contributed by atoms with E-state index >= 15 is 0 Å². The van der Waals surface area contributed by atoms with Crippen molar-refractivity contribution in [3.63, 3.8) is 0 Å². The molecule has 2 N–H and O–H groups in total. The van der Waals surface area contributed by atoms with Crippen LogP contribution >= 0.6 is 0 Å². The molecule has 0 heterocycles. The molecule has 0 unspecified atom stereocenters. The van der Waals surface area contributed by atoms with Crippen molar-refractivity contribution in [3.8, 4) is 11.8 Å². The summed E-state index contributed by atoms with van der Waals surface area (Å²) in [6.07, 6.45) is 1.31. The van der Waals surface area contributed by atoms with Crippen molar-refractivity contribution in [2.24, 2.45) is 5.73 Å². The predicted octanol–water partition coefficient (Wildman–Crippen LogP) is 2.83. The third-order valence-corrected chi connectivity index (χ3v) is 2.42. The fraction of sp³-hybridized carbons (Fsp3) is 0.308. The fourth-order valence-electron chi connectivity index (χ4n) is 1.59. The Morgan fingerprint density at radius 2 is 2.24 bits per heavy atom. The van der Waals surface area contributed by atoms with E-state index in [0.717, 1.165) is 6.42 Å². The van der Waals surface area contributed by atoms with Gasteiger partial charge in [-0.2, -0.15) is 5.26 Å². The topological polar surface area (TPSA) is 59.0 Å². The van der Waals surface area contributed by atoms with E-state index in [1.807, 2.05) is 13.0 Å². The number of methoxy groups -OCH3 is 1. The first-order chi connectivity index (χ1) is 8.15. The van der Waals surface area contributed by atoms with Gasteiger partial charge in [-0.25, -0.2) is 4.39 Å². The van der Waals surface area contributed by atoms with Crippen molar-refractivity contribution in [1.82, 2.24) is 0 Å². The predicted molar refractivity (Wildman–Crippen MR) is 64.6 cm³/mol. The molecule has 3 nitrogen and oxygen atoms in total. The quantitative estimate of drug-likeness (QED) is 0.815. The summed E-state index contributed by atoms with van der Waals surface area (Å²) in [7, 11) is 1.44. The van der Waals surface area contributed by atoms with E-state index in [9.17, 15) is 4.39 Å². The maximum Gasteiger partial charge on any atom is 0.136 e. The number of nitriles is 1. The summed E-state index contributed by atoms with van der Waals surface area (Å²) < 4.78 is 18.8. The van der Waals surface area contributed by atoms with E-state index < -0.39 is 5.82 Å². The average Bonchev–Trinajstić information content (AvgIpc) is 2.34. The van der Waals surface area contributed by atoms with Gasteiger partial charge in [0.2, 0.25) is 0 Å². The molecule has 0 aliphatic carbocycles. The third kappa shape index (κ3) is 2.76. The number of nitrogens with two attached hydrogens (primary N) is 1. The Bertz CT molecular complexity index is 475. The highest BCUT2D eigenvalue weighted by Crippen LogP contribution is 2.28. The summed E-state index contributed by atoms with van der Waals surface area (Å²) >= 11 is 0. The molecule has 0 bridgehead atoms. The van der Waals surface area contributed by atoms with Gasteiger partial charge in [0, 0.05) is 0 Å². The van der Waals surface area contributed by atoms with Crippen LogP contribution in [0.4, 0.5) is 4.39 Å². The minimum atomic E-state index is -0.481. The van der Waals surface area contributed by atoms with Crippen molar-refractivity contribution in [1.29, 1.82) is 5.26 Å². The Morgan fingerprint density at radius 3 is 2.76 bits per heavy atom. The standard InChI is InChI=1S/C13H15FN2O/c1-3-5-9(8-15)13(16)12-10(14)6-4-7-11(12)17-2/h4,6-7H,3,5,16H2,1-2H3/b13-9-. The Labute approximate surface area is 100 Å². The number of rotatable bonds is 4. The molecule has 4 heteroatoms. The number of benzene rings is 1. The summed E-state index contributed by atoms with van der Waals surface area (Å²) in [6, 6.07) is 6.47. The van der Waals surface area contributed by atoms with Crippen LogP contribution in [0.1, 0.15) is 25.3 Å². The van der Waals surface area contributed by atoms with Crippen LogP contribution in [0.15, 0.2) is 23.8 Å². The van der Waals surface area contributed by atoms with Crippen LogP contribution in [0, 0.1) is 17.1 Å². The van der Waals surface area contributed by atoms with Gasteiger partial charge in [0.05, 0.1) is 30.0 Å². The molecule has 0 radical (unpaired) electrons. The zero-order valence-corrected chi connectivity index (χ0v) is 9.96. The summed E-state index contributed by atoms with van der Waals surface area (Å²) in [4.78, 5) is 0. The normalized spacial score (nSPS) is 11.6.